The van der Waals surface area contributed by atoms with Gasteiger partial charge in [0.1, 0.15) is 5.65 Å². The zero-order valence-corrected chi connectivity index (χ0v) is 13.6. The van der Waals surface area contributed by atoms with Gasteiger partial charge in [0.2, 0.25) is 0 Å². The second-order valence-electron chi connectivity index (χ2n) is 5.73. The third kappa shape index (κ3) is 2.82. The second-order valence-corrected chi connectivity index (χ2v) is 6.16. The number of carbonyl (C=O) groups excluding carboxylic acids is 1. The van der Waals surface area contributed by atoms with Crippen molar-refractivity contribution in [3.05, 3.63) is 35.5 Å². The highest BCUT2D eigenvalue weighted by molar-refractivity contribution is 6.31. The molecule has 0 spiro atoms. The van der Waals surface area contributed by atoms with E-state index in [9.17, 15) is 9.18 Å². The van der Waals surface area contributed by atoms with Crippen LogP contribution in [-0.2, 0) is 0 Å². The maximum absolute atomic E-state index is 14.0. The number of halogens is 2. The smallest absolute Gasteiger partial charge is 0.314 e. The molecule has 2 amide bonds. The molecular formula is C15H13ClFN7O. The number of pyridine rings is 1. The number of hydrogen-bond donors (Lipinski definition) is 3. The average Bonchev–Trinajstić information content (AvgIpc) is 2.94. The van der Waals surface area contributed by atoms with Crippen LogP contribution in [-0.4, -0.2) is 50.0 Å². The molecule has 0 aliphatic carbocycles. The normalized spacial score (nSPS) is 14.6. The quantitative estimate of drug-likeness (QED) is 0.660. The van der Waals surface area contributed by atoms with Crippen molar-refractivity contribution in [2.24, 2.45) is 5.73 Å². The monoisotopic (exact) mass is 361 g/mol. The van der Waals surface area contributed by atoms with Gasteiger partial charge in [-0.05, 0) is 6.07 Å². The molecule has 3 aromatic rings. The number of aromatic nitrogens is 4. The van der Waals surface area contributed by atoms with E-state index in [1.54, 1.807) is 12.3 Å². The number of rotatable bonds is 3. The summed E-state index contributed by atoms with van der Waals surface area (Å²) in [6.45, 7) is 0.807. The molecule has 4 N–H and O–H groups in total. The van der Waals surface area contributed by atoms with Crippen LogP contribution in [0.25, 0.3) is 22.4 Å². The van der Waals surface area contributed by atoms with Crippen LogP contribution in [0.5, 0.6) is 0 Å². The fourth-order valence-corrected chi connectivity index (χ4v) is 2.86. The van der Waals surface area contributed by atoms with E-state index in [2.05, 4.69) is 25.3 Å². The van der Waals surface area contributed by atoms with Crippen molar-refractivity contribution in [1.29, 1.82) is 0 Å². The van der Waals surface area contributed by atoms with Crippen molar-refractivity contribution in [3.8, 4) is 11.4 Å². The molecule has 0 bridgehead atoms. The van der Waals surface area contributed by atoms with Crippen molar-refractivity contribution in [3.63, 3.8) is 0 Å². The first-order valence-electron chi connectivity index (χ1n) is 7.47. The van der Waals surface area contributed by atoms with Gasteiger partial charge in [-0.2, -0.15) is 0 Å². The van der Waals surface area contributed by atoms with E-state index < -0.39 is 11.8 Å². The number of primary amides is 1. The van der Waals surface area contributed by atoms with Gasteiger partial charge < -0.3 is 20.9 Å². The van der Waals surface area contributed by atoms with Gasteiger partial charge in [-0.3, -0.25) is 0 Å². The van der Waals surface area contributed by atoms with Gasteiger partial charge in [0.05, 0.1) is 17.3 Å². The molecule has 25 heavy (non-hydrogen) atoms. The lowest BCUT2D eigenvalue weighted by molar-refractivity contribution is 0.167. The molecule has 0 aromatic carbocycles. The fourth-order valence-electron chi connectivity index (χ4n) is 2.70. The van der Waals surface area contributed by atoms with Crippen LogP contribution in [0, 0.1) is 5.82 Å². The van der Waals surface area contributed by atoms with Crippen molar-refractivity contribution < 1.29 is 9.18 Å². The van der Waals surface area contributed by atoms with E-state index in [1.165, 1.54) is 11.1 Å². The molecular weight excluding hydrogens is 349 g/mol. The topological polar surface area (TPSA) is 113 Å². The number of nitrogens with two attached hydrogens (primary N) is 1. The number of nitrogens with one attached hydrogen (secondary N) is 2. The van der Waals surface area contributed by atoms with Gasteiger partial charge in [-0.25, -0.2) is 24.1 Å². The van der Waals surface area contributed by atoms with E-state index in [0.717, 1.165) is 11.6 Å². The first kappa shape index (κ1) is 15.6. The van der Waals surface area contributed by atoms with Crippen LogP contribution in [0.1, 0.15) is 0 Å². The number of hydrogen-bond acceptors (Lipinski definition) is 5. The van der Waals surface area contributed by atoms with E-state index in [-0.39, 0.29) is 11.9 Å². The maximum Gasteiger partial charge on any atom is 0.314 e. The molecule has 10 heteroatoms. The molecule has 0 atom stereocenters. The minimum Gasteiger partial charge on any atom is -0.361 e. The highest BCUT2D eigenvalue weighted by Crippen LogP contribution is 2.28. The molecule has 4 heterocycles. The van der Waals surface area contributed by atoms with Crippen LogP contribution in [0.3, 0.4) is 0 Å². The number of urea groups is 1. The number of fused-ring (bicyclic) bond motifs is 1. The molecule has 1 aliphatic heterocycles. The van der Waals surface area contributed by atoms with Gasteiger partial charge >= 0.3 is 6.03 Å². The molecule has 1 aliphatic rings. The molecule has 0 saturated carbocycles. The summed E-state index contributed by atoms with van der Waals surface area (Å²) in [5, 5.41) is 4.19. The highest BCUT2D eigenvalue weighted by Gasteiger charge is 2.30. The Morgan fingerprint density at radius 3 is 2.96 bits per heavy atom. The molecule has 0 unspecified atom stereocenters. The van der Waals surface area contributed by atoms with Crippen LogP contribution in [0.15, 0.2) is 24.7 Å². The summed E-state index contributed by atoms with van der Waals surface area (Å²) in [4.78, 5) is 28.0. The Kier molecular flexibility index (Phi) is 3.65. The van der Waals surface area contributed by atoms with Gasteiger partial charge in [-0.15, -0.1) is 0 Å². The predicted molar refractivity (Wildman–Crippen MR) is 90.7 cm³/mol. The number of H-pyrrole nitrogens is 1. The molecule has 4 rings (SSSR count). The standard InChI is InChI=1S/C15H13ClFN7O/c16-7-1-9-10(3-20-12(9)19-2-7)13-21-4-11(17)14(23-13)22-8-5-24(6-8)15(18)25/h1-4,8H,5-6H2,(H2,18,25)(H,19,20)(H,21,22,23). The predicted octanol–water partition coefficient (Wildman–Crippen LogP) is 1.99. The van der Waals surface area contributed by atoms with E-state index in [4.69, 9.17) is 17.3 Å². The van der Waals surface area contributed by atoms with E-state index in [0.29, 0.717) is 35.1 Å². The molecule has 3 aromatic heterocycles. The maximum atomic E-state index is 14.0. The Bertz CT molecular complexity index is 970. The minimum absolute atomic E-state index is 0.0726. The molecule has 1 saturated heterocycles. The Morgan fingerprint density at radius 2 is 2.20 bits per heavy atom. The average molecular weight is 362 g/mol. The number of aromatic amines is 1. The Hall–Kier alpha value is -2.94. The zero-order chi connectivity index (χ0) is 17.6. The lowest BCUT2D eigenvalue weighted by Crippen LogP contribution is -2.58. The molecule has 1 fully saturated rings. The van der Waals surface area contributed by atoms with Crippen molar-refractivity contribution in [2.45, 2.75) is 6.04 Å². The van der Waals surface area contributed by atoms with Crippen molar-refractivity contribution >= 4 is 34.5 Å². The minimum atomic E-state index is -0.572. The first-order chi connectivity index (χ1) is 12.0. The number of likely N-dealkylation sites (tertiary alicyclic amines) is 1. The number of carbonyl (C=O) groups is 1. The van der Waals surface area contributed by atoms with Crippen LogP contribution < -0.4 is 11.1 Å². The molecule has 128 valence electrons. The highest BCUT2D eigenvalue weighted by atomic mass is 35.5. The van der Waals surface area contributed by atoms with Crippen LogP contribution in [0.2, 0.25) is 5.02 Å². The summed E-state index contributed by atoms with van der Waals surface area (Å²) in [5.74, 6) is -0.161. The second kappa shape index (κ2) is 5.85. The van der Waals surface area contributed by atoms with E-state index >= 15 is 0 Å². The largest absolute Gasteiger partial charge is 0.361 e. The lowest BCUT2D eigenvalue weighted by atomic mass is 10.1. The summed E-state index contributed by atoms with van der Waals surface area (Å²) in [5.41, 5.74) is 6.48. The van der Waals surface area contributed by atoms with E-state index in [1.807, 2.05) is 0 Å². The van der Waals surface area contributed by atoms with Gasteiger partial charge in [-0.1, -0.05) is 11.6 Å². The number of anilines is 1. The van der Waals surface area contributed by atoms with Gasteiger partial charge in [0, 0.05) is 36.4 Å². The summed E-state index contributed by atoms with van der Waals surface area (Å²) < 4.78 is 14.0. The van der Waals surface area contributed by atoms with Gasteiger partial charge in [0.15, 0.2) is 17.5 Å². The summed E-state index contributed by atoms with van der Waals surface area (Å²) in [6, 6.07) is 1.14. The van der Waals surface area contributed by atoms with Gasteiger partial charge in [0.25, 0.3) is 0 Å². The third-order valence-corrected chi connectivity index (χ3v) is 4.22. The third-order valence-electron chi connectivity index (χ3n) is 4.02. The number of nitrogens with zero attached hydrogens (tertiary/aromatic N) is 4. The lowest BCUT2D eigenvalue weighted by Gasteiger charge is -2.38. The van der Waals surface area contributed by atoms with Crippen LogP contribution in [0.4, 0.5) is 15.0 Å². The Labute approximate surface area is 146 Å². The first-order valence-corrected chi connectivity index (χ1v) is 7.85. The van der Waals surface area contributed by atoms with Crippen LogP contribution >= 0.6 is 11.6 Å². The summed E-state index contributed by atoms with van der Waals surface area (Å²) in [6.07, 6.45) is 4.33. The zero-order valence-electron chi connectivity index (χ0n) is 12.8. The number of amides is 2. The fraction of sp³-hybridized carbons (Fsp3) is 0.200. The SMILES string of the molecule is NC(=O)N1CC(Nc2nc(-c3c[nH]c4ncc(Cl)cc34)ncc2F)C1. The Morgan fingerprint density at radius 1 is 1.40 bits per heavy atom. The summed E-state index contributed by atoms with van der Waals surface area (Å²) >= 11 is 5.99. The Balaban J connectivity index is 1.63. The van der Waals surface area contributed by atoms with Crippen molar-refractivity contribution in [1.82, 2.24) is 24.8 Å². The molecule has 0 radical (unpaired) electrons. The summed E-state index contributed by atoms with van der Waals surface area (Å²) in [7, 11) is 0. The van der Waals surface area contributed by atoms with Crippen molar-refractivity contribution in [2.75, 3.05) is 18.4 Å². The molecule has 8 nitrogen and oxygen atoms in total.